The lowest BCUT2D eigenvalue weighted by atomic mass is 9.69. The molecule has 0 aliphatic heterocycles. The van der Waals surface area contributed by atoms with E-state index in [2.05, 4.69) is 47.7 Å². The van der Waals surface area contributed by atoms with Crippen LogP contribution in [0.25, 0.3) is 5.69 Å². The fraction of sp³-hybridized carbons (Fsp3) is 0.458. The topological polar surface area (TPSA) is 106 Å². The molecule has 1 N–H and O–H groups in total. The van der Waals surface area contributed by atoms with Crippen LogP contribution in [0.15, 0.2) is 29.4 Å². The molecule has 1 atom stereocenters. The Labute approximate surface area is 207 Å². The van der Waals surface area contributed by atoms with Gasteiger partial charge < -0.3 is 10.1 Å². The highest BCUT2D eigenvalue weighted by Gasteiger charge is 2.34. The summed E-state index contributed by atoms with van der Waals surface area (Å²) >= 11 is 2.80. The number of methoxy groups -OCH3 is 1. The molecule has 0 fully saturated rings. The maximum atomic E-state index is 12.8. The predicted octanol–water partition coefficient (Wildman–Crippen LogP) is 4.88. The Morgan fingerprint density at radius 3 is 2.82 bits per heavy atom. The second-order valence-corrected chi connectivity index (χ2v) is 11.1. The molecule has 1 amide bonds. The summed E-state index contributed by atoms with van der Waals surface area (Å²) < 4.78 is 6.77. The van der Waals surface area contributed by atoms with Gasteiger partial charge in [-0.3, -0.25) is 4.79 Å². The highest BCUT2D eigenvalue weighted by molar-refractivity contribution is 7.99. The van der Waals surface area contributed by atoms with Gasteiger partial charge in [-0.25, -0.2) is 0 Å². The molecule has 0 saturated heterocycles. The van der Waals surface area contributed by atoms with Gasteiger partial charge in [0.1, 0.15) is 16.8 Å². The molecule has 3 aromatic rings. The number of hydrogen-bond acceptors (Lipinski definition) is 8. The smallest absolute Gasteiger partial charge is 0.235 e. The van der Waals surface area contributed by atoms with E-state index in [9.17, 15) is 10.1 Å². The van der Waals surface area contributed by atoms with Crippen molar-refractivity contribution in [1.29, 1.82) is 5.26 Å². The summed E-state index contributed by atoms with van der Waals surface area (Å²) in [7, 11) is 1.61. The molecule has 1 aliphatic carbocycles. The average molecular weight is 497 g/mol. The van der Waals surface area contributed by atoms with Gasteiger partial charge in [-0.05, 0) is 70.9 Å². The number of aromatic nitrogens is 4. The van der Waals surface area contributed by atoms with Gasteiger partial charge >= 0.3 is 0 Å². The molecule has 10 heteroatoms. The SMILES string of the molecule is CCC(C)(C)[C@@H]1CCc2c(sc(NC(=O)CSc3nnnn3-c3ccc(OC)cc3)c2C#N)C1. The first-order valence-corrected chi connectivity index (χ1v) is 13.1. The van der Waals surface area contributed by atoms with E-state index < -0.39 is 0 Å². The minimum absolute atomic E-state index is 0.134. The van der Waals surface area contributed by atoms with Crippen molar-refractivity contribution in [3.8, 4) is 17.5 Å². The van der Waals surface area contributed by atoms with Crippen molar-refractivity contribution in [2.24, 2.45) is 11.3 Å². The molecule has 2 aromatic heterocycles. The fourth-order valence-electron chi connectivity index (χ4n) is 4.20. The summed E-state index contributed by atoms with van der Waals surface area (Å²) in [5.74, 6) is 1.28. The minimum atomic E-state index is -0.185. The molecule has 0 unspecified atom stereocenters. The first-order valence-electron chi connectivity index (χ1n) is 11.3. The van der Waals surface area contributed by atoms with E-state index in [-0.39, 0.29) is 17.1 Å². The second-order valence-electron chi connectivity index (χ2n) is 9.01. The van der Waals surface area contributed by atoms with Gasteiger partial charge in [0.25, 0.3) is 0 Å². The monoisotopic (exact) mass is 496 g/mol. The van der Waals surface area contributed by atoms with Crippen molar-refractivity contribution >= 4 is 34.0 Å². The van der Waals surface area contributed by atoms with Crippen molar-refractivity contribution in [1.82, 2.24) is 20.2 Å². The van der Waals surface area contributed by atoms with Crippen molar-refractivity contribution in [3.05, 3.63) is 40.3 Å². The standard InChI is InChI=1S/C24H28N6O2S2/c1-5-24(2,3)15-6-11-18-19(13-25)22(34-20(18)12-15)26-21(31)14-33-23-27-28-29-30(23)16-7-9-17(32-4)10-8-16/h7-10,15H,5-6,11-12,14H2,1-4H3,(H,26,31)/t15-/m1/s1. The molecule has 0 bridgehead atoms. The van der Waals surface area contributed by atoms with E-state index >= 15 is 0 Å². The van der Waals surface area contributed by atoms with E-state index in [1.165, 1.54) is 16.6 Å². The summed E-state index contributed by atoms with van der Waals surface area (Å²) in [6.07, 6.45) is 4.07. The number of carbonyl (C=O) groups excluding carboxylic acids is 1. The lowest BCUT2D eigenvalue weighted by molar-refractivity contribution is -0.113. The average Bonchev–Trinajstić information content (AvgIpc) is 3.46. The molecule has 0 saturated carbocycles. The molecule has 0 radical (unpaired) electrons. The summed E-state index contributed by atoms with van der Waals surface area (Å²) in [6, 6.07) is 9.68. The van der Waals surface area contributed by atoms with E-state index in [1.807, 2.05) is 24.3 Å². The quantitative estimate of drug-likeness (QED) is 0.443. The zero-order chi connectivity index (χ0) is 24.3. The van der Waals surface area contributed by atoms with Crippen LogP contribution >= 0.6 is 23.1 Å². The van der Waals surface area contributed by atoms with Crippen LogP contribution in [0.5, 0.6) is 5.75 Å². The van der Waals surface area contributed by atoms with Gasteiger partial charge in [-0.1, -0.05) is 39.0 Å². The number of nitriles is 1. The number of anilines is 1. The largest absolute Gasteiger partial charge is 0.497 e. The number of rotatable bonds is 8. The Morgan fingerprint density at radius 1 is 1.38 bits per heavy atom. The zero-order valence-corrected chi connectivity index (χ0v) is 21.4. The number of fused-ring (bicyclic) bond motifs is 1. The number of amides is 1. The van der Waals surface area contributed by atoms with Gasteiger partial charge in [0, 0.05) is 4.88 Å². The Balaban J connectivity index is 1.43. The van der Waals surface area contributed by atoms with Gasteiger partial charge in [0.2, 0.25) is 11.1 Å². The second kappa shape index (κ2) is 10.2. The number of nitrogens with one attached hydrogen (secondary N) is 1. The number of ether oxygens (including phenoxy) is 1. The molecule has 1 aromatic carbocycles. The van der Waals surface area contributed by atoms with Crippen molar-refractivity contribution < 1.29 is 9.53 Å². The maximum absolute atomic E-state index is 12.8. The number of benzene rings is 1. The number of hydrogen-bond donors (Lipinski definition) is 1. The number of tetrazole rings is 1. The third-order valence-electron chi connectivity index (χ3n) is 6.74. The van der Waals surface area contributed by atoms with Crippen LogP contribution < -0.4 is 10.1 Å². The number of nitrogens with zero attached hydrogens (tertiary/aromatic N) is 5. The Kier molecular flexibility index (Phi) is 7.24. The summed E-state index contributed by atoms with van der Waals surface area (Å²) in [6.45, 7) is 6.88. The third kappa shape index (κ3) is 4.95. The lowest BCUT2D eigenvalue weighted by Crippen LogP contribution is -2.28. The van der Waals surface area contributed by atoms with Gasteiger partial charge in [-0.15, -0.1) is 16.4 Å². The molecular weight excluding hydrogens is 468 g/mol. The number of thioether (sulfide) groups is 1. The Hall–Kier alpha value is -2.90. The molecular formula is C24H28N6O2S2. The van der Waals surface area contributed by atoms with E-state index in [0.29, 0.717) is 21.6 Å². The molecule has 4 rings (SSSR count). The molecule has 1 aliphatic rings. The third-order valence-corrected chi connectivity index (χ3v) is 8.83. The van der Waals surface area contributed by atoms with Crippen LogP contribution in [-0.4, -0.2) is 39.0 Å². The molecule has 0 spiro atoms. The van der Waals surface area contributed by atoms with Gasteiger partial charge in [0.05, 0.1) is 24.1 Å². The van der Waals surface area contributed by atoms with Crippen molar-refractivity contribution in [2.75, 3.05) is 18.2 Å². The maximum Gasteiger partial charge on any atom is 0.235 e. The molecule has 2 heterocycles. The van der Waals surface area contributed by atoms with Crippen LogP contribution in [0.3, 0.4) is 0 Å². The first kappa shape index (κ1) is 24.2. The van der Waals surface area contributed by atoms with Crippen LogP contribution in [-0.2, 0) is 17.6 Å². The van der Waals surface area contributed by atoms with E-state index in [1.54, 1.807) is 23.1 Å². The van der Waals surface area contributed by atoms with Crippen LogP contribution in [0.4, 0.5) is 5.00 Å². The number of carbonyl (C=O) groups is 1. The van der Waals surface area contributed by atoms with Crippen LogP contribution in [0.2, 0.25) is 0 Å². The van der Waals surface area contributed by atoms with Crippen molar-refractivity contribution in [3.63, 3.8) is 0 Å². The first-order chi connectivity index (χ1) is 16.4. The Morgan fingerprint density at radius 2 is 2.15 bits per heavy atom. The predicted molar refractivity (Wildman–Crippen MR) is 134 cm³/mol. The minimum Gasteiger partial charge on any atom is -0.497 e. The summed E-state index contributed by atoms with van der Waals surface area (Å²) in [4.78, 5) is 14.0. The van der Waals surface area contributed by atoms with Gasteiger partial charge in [-0.2, -0.15) is 9.94 Å². The van der Waals surface area contributed by atoms with E-state index in [4.69, 9.17) is 4.74 Å². The number of thiophene rings is 1. The van der Waals surface area contributed by atoms with Gasteiger partial charge in [0.15, 0.2) is 0 Å². The van der Waals surface area contributed by atoms with E-state index in [0.717, 1.165) is 42.7 Å². The van der Waals surface area contributed by atoms with Crippen LogP contribution in [0, 0.1) is 22.7 Å². The fourth-order valence-corrected chi connectivity index (χ4v) is 6.18. The normalized spacial score (nSPS) is 15.4. The van der Waals surface area contributed by atoms with Crippen molar-refractivity contribution in [2.45, 2.75) is 51.6 Å². The highest BCUT2D eigenvalue weighted by atomic mass is 32.2. The molecule has 34 heavy (non-hydrogen) atoms. The zero-order valence-electron chi connectivity index (χ0n) is 19.8. The summed E-state index contributed by atoms with van der Waals surface area (Å²) in [5.41, 5.74) is 2.77. The Bertz CT molecular complexity index is 1210. The summed E-state index contributed by atoms with van der Waals surface area (Å²) in [5, 5.41) is 25.7. The molecule has 178 valence electrons. The van der Waals surface area contributed by atoms with Crippen LogP contribution in [0.1, 0.15) is 49.6 Å². The molecule has 8 nitrogen and oxygen atoms in total. The lowest BCUT2D eigenvalue weighted by Gasteiger charge is -2.36. The highest BCUT2D eigenvalue weighted by Crippen LogP contribution is 2.45.